The van der Waals surface area contributed by atoms with Crippen LogP contribution in [0.5, 0.6) is 5.75 Å². The molecule has 0 aliphatic rings. The van der Waals surface area contributed by atoms with E-state index in [2.05, 4.69) is 10.9 Å². The molecular formula is C20H17FN2O3. The summed E-state index contributed by atoms with van der Waals surface area (Å²) in [5, 5.41) is 2.07. The lowest BCUT2D eigenvalue weighted by molar-refractivity contribution is -0.128. The van der Waals surface area contributed by atoms with Crippen molar-refractivity contribution in [1.29, 1.82) is 0 Å². The predicted molar refractivity (Wildman–Crippen MR) is 96.0 cm³/mol. The number of rotatable bonds is 4. The smallest absolute Gasteiger partial charge is 0.279 e. The highest BCUT2D eigenvalue weighted by molar-refractivity contribution is 5.95. The van der Waals surface area contributed by atoms with E-state index in [1.54, 1.807) is 13.0 Å². The van der Waals surface area contributed by atoms with Gasteiger partial charge in [0.05, 0.1) is 0 Å². The fraction of sp³-hybridized carbons (Fsp3) is 0.100. The summed E-state index contributed by atoms with van der Waals surface area (Å²) in [5.74, 6) is -1.13. The Morgan fingerprint density at radius 2 is 1.69 bits per heavy atom. The van der Waals surface area contributed by atoms with E-state index in [0.29, 0.717) is 5.75 Å². The van der Waals surface area contributed by atoms with Gasteiger partial charge in [0.25, 0.3) is 11.8 Å². The molecule has 2 amide bonds. The zero-order chi connectivity index (χ0) is 18.5. The summed E-state index contributed by atoms with van der Waals surface area (Å²) in [6.07, 6.45) is -0.830. The number of halogens is 1. The van der Waals surface area contributed by atoms with Crippen molar-refractivity contribution < 1.29 is 18.7 Å². The number of carbonyl (C=O) groups is 2. The highest BCUT2D eigenvalue weighted by atomic mass is 19.1. The fourth-order valence-corrected chi connectivity index (χ4v) is 2.42. The van der Waals surface area contributed by atoms with Crippen molar-refractivity contribution in [2.75, 3.05) is 0 Å². The number of carbonyl (C=O) groups excluding carboxylic acids is 2. The average molecular weight is 352 g/mol. The molecule has 0 bridgehead atoms. The van der Waals surface area contributed by atoms with Crippen molar-refractivity contribution in [2.45, 2.75) is 13.0 Å². The molecule has 0 fully saturated rings. The Hall–Kier alpha value is -3.41. The second-order valence-electron chi connectivity index (χ2n) is 5.72. The van der Waals surface area contributed by atoms with E-state index in [4.69, 9.17) is 4.74 Å². The number of hydrazine groups is 1. The molecule has 0 saturated carbocycles. The van der Waals surface area contributed by atoms with Crippen LogP contribution in [0.2, 0.25) is 0 Å². The minimum Gasteiger partial charge on any atom is -0.481 e. The van der Waals surface area contributed by atoms with Crippen molar-refractivity contribution in [1.82, 2.24) is 10.9 Å². The molecule has 0 aromatic heterocycles. The molecule has 0 spiro atoms. The maximum atomic E-state index is 13.1. The minimum atomic E-state index is -0.830. The average Bonchev–Trinajstić information content (AvgIpc) is 2.65. The van der Waals surface area contributed by atoms with E-state index >= 15 is 0 Å². The molecule has 3 aromatic rings. The third-order valence-electron chi connectivity index (χ3n) is 3.79. The Morgan fingerprint density at radius 3 is 2.46 bits per heavy atom. The molecule has 6 heteroatoms. The van der Waals surface area contributed by atoms with E-state index in [0.717, 1.165) is 16.8 Å². The first-order chi connectivity index (χ1) is 12.5. The minimum absolute atomic E-state index is 0.105. The molecule has 0 radical (unpaired) electrons. The van der Waals surface area contributed by atoms with Crippen LogP contribution >= 0.6 is 0 Å². The summed E-state index contributed by atoms with van der Waals surface area (Å²) in [5.41, 5.74) is 4.61. The molecule has 3 rings (SSSR count). The number of nitrogens with one attached hydrogen (secondary N) is 2. The quantitative estimate of drug-likeness (QED) is 0.709. The molecule has 132 valence electrons. The van der Waals surface area contributed by atoms with Gasteiger partial charge in [0.2, 0.25) is 0 Å². The number of hydrogen-bond acceptors (Lipinski definition) is 3. The van der Waals surface area contributed by atoms with Crippen molar-refractivity contribution in [3.05, 3.63) is 78.1 Å². The largest absolute Gasteiger partial charge is 0.481 e. The molecule has 0 aliphatic heterocycles. The van der Waals surface area contributed by atoms with Crippen LogP contribution in [0.4, 0.5) is 4.39 Å². The van der Waals surface area contributed by atoms with Gasteiger partial charge in [0.15, 0.2) is 6.10 Å². The molecule has 26 heavy (non-hydrogen) atoms. The van der Waals surface area contributed by atoms with E-state index in [-0.39, 0.29) is 5.56 Å². The second-order valence-corrected chi connectivity index (χ2v) is 5.72. The third kappa shape index (κ3) is 4.16. The molecular weight excluding hydrogens is 335 g/mol. The Kier molecular flexibility index (Phi) is 5.12. The molecule has 0 saturated heterocycles. The van der Waals surface area contributed by atoms with Crippen molar-refractivity contribution in [3.8, 4) is 5.75 Å². The van der Waals surface area contributed by atoms with Crippen molar-refractivity contribution in [2.24, 2.45) is 0 Å². The van der Waals surface area contributed by atoms with Gasteiger partial charge in [-0.05, 0) is 48.0 Å². The predicted octanol–water partition coefficient (Wildman–Crippen LogP) is 3.21. The lowest BCUT2D eigenvalue weighted by Crippen LogP contribution is -2.47. The Morgan fingerprint density at radius 1 is 0.923 bits per heavy atom. The SMILES string of the molecule is C[C@@H](Oc1ccc2ccccc2c1)C(=O)NNC(=O)c1cccc(F)c1. The van der Waals surface area contributed by atoms with Crippen molar-refractivity contribution in [3.63, 3.8) is 0 Å². The summed E-state index contributed by atoms with van der Waals surface area (Å²) < 4.78 is 18.7. The highest BCUT2D eigenvalue weighted by Gasteiger charge is 2.16. The van der Waals surface area contributed by atoms with E-state index in [1.165, 1.54) is 18.2 Å². The van der Waals surface area contributed by atoms with Crippen molar-refractivity contribution >= 4 is 22.6 Å². The van der Waals surface area contributed by atoms with Gasteiger partial charge in [-0.1, -0.05) is 36.4 Å². The number of amides is 2. The summed E-state index contributed by atoms with van der Waals surface area (Å²) in [7, 11) is 0. The fourth-order valence-electron chi connectivity index (χ4n) is 2.42. The maximum Gasteiger partial charge on any atom is 0.279 e. The molecule has 3 aromatic carbocycles. The Bertz CT molecular complexity index is 958. The molecule has 1 atom stereocenters. The van der Waals surface area contributed by atoms with Crippen LogP contribution in [0.25, 0.3) is 10.8 Å². The van der Waals surface area contributed by atoms with Crippen LogP contribution in [0.15, 0.2) is 66.7 Å². The van der Waals surface area contributed by atoms with Gasteiger partial charge in [0, 0.05) is 5.56 Å². The zero-order valence-corrected chi connectivity index (χ0v) is 14.0. The van der Waals surface area contributed by atoms with Gasteiger partial charge in [-0.2, -0.15) is 0 Å². The third-order valence-corrected chi connectivity index (χ3v) is 3.79. The monoisotopic (exact) mass is 352 g/mol. The zero-order valence-electron chi connectivity index (χ0n) is 14.0. The molecule has 0 aliphatic carbocycles. The van der Waals surface area contributed by atoms with E-state index in [1.807, 2.05) is 36.4 Å². The Balaban J connectivity index is 1.57. The molecule has 2 N–H and O–H groups in total. The maximum absolute atomic E-state index is 13.1. The van der Waals surface area contributed by atoms with Gasteiger partial charge in [-0.3, -0.25) is 20.4 Å². The van der Waals surface area contributed by atoms with Crippen LogP contribution in [0, 0.1) is 5.82 Å². The second kappa shape index (κ2) is 7.65. The first-order valence-corrected chi connectivity index (χ1v) is 8.04. The van der Waals surface area contributed by atoms with Gasteiger partial charge in [-0.15, -0.1) is 0 Å². The van der Waals surface area contributed by atoms with Gasteiger partial charge < -0.3 is 4.74 Å². The normalized spacial score (nSPS) is 11.6. The van der Waals surface area contributed by atoms with Crippen LogP contribution in [0.3, 0.4) is 0 Å². The number of hydrogen-bond donors (Lipinski definition) is 2. The lowest BCUT2D eigenvalue weighted by Gasteiger charge is -2.15. The number of fused-ring (bicyclic) bond motifs is 1. The number of ether oxygens (including phenoxy) is 1. The molecule has 0 heterocycles. The standard InChI is InChI=1S/C20H17FN2O3/c1-13(26-18-10-9-14-5-2-3-6-15(14)12-18)19(24)22-23-20(25)16-7-4-8-17(21)11-16/h2-13H,1H3,(H,22,24)(H,23,25)/t13-/m1/s1. The van der Waals surface area contributed by atoms with Gasteiger partial charge >= 0.3 is 0 Å². The van der Waals surface area contributed by atoms with Crippen LogP contribution in [-0.4, -0.2) is 17.9 Å². The summed E-state index contributed by atoms with van der Waals surface area (Å²) >= 11 is 0. The Labute approximate surface area is 149 Å². The summed E-state index contributed by atoms with van der Waals surface area (Å²) in [6.45, 7) is 1.57. The highest BCUT2D eigenvalue weighted by Crippen LogP contribution is 2.21. The van der Waals surface area contributed by atoms with Crippen LogP contribution in [-0.2, 0) is 4.79 Å². The number of benzene rings is 3. The van der Waals surface area contributed by atoms with Gasteiger partial charge in [0.1, 0.15) is 11.6 Å². The summed E-state index contributed by atoms with van der Waals surface area (Å²) in [4.78, 5) is 24.0. The lowest BCUT2D eigenvalue weighted by atomic mass is 10.1. The van der Waals surface area contributed by atoms with E-state index in [9.17, 15) is 14.0 Å². The molecule has 0 unspecified atom stereocenters. The van der Waals surface area contributed by atoms with Crippen LogP contribution < -0.4 is 15.6 Å². The first kappa shape index (κ1) is 17.4. The van der Waals surface area contributed by atoms with Gasteiger partial charge in [-0.25, -0.2) is 4.39 Å². The van der Waals surface area contributed by atoms with Crippen LogP contribution in [0.1, 0.15) is 17.3 Å². The topological polar surface area (TPSA) is 67.4 Å². The first-order valence-electron chi connectivity index (χ1n) is 8.04. The molecule has 5 nitrogen and oxygen atoms in total. The summed E-state index contributed by atoms with van der Waals surface area (Å²) in [6, 6.07) is 18.5. The van der Waals surface area contributed by atoms with E-state index < -0.39 is 23.7 Å².